The average Bonchev–Trinajstić information content (AvgIpc) is 2.88. The third-order valence-corrected chi connectivity index (χ3v) is 3.86. The standard InChI is InChI=1S/C11H10N2O3S2/c1-6-9(11(15)16)10(18-13-6)12-8(14)4-7-2-3-17-5-7/h2-3,5H,4H2,1H3,(H,12,14)(H,15,16). The SMILES string of the molecule is Cc1nsc(NC(=O)Cc2ccsc2)c1C(=O)O. The molecule has 0 aliphatic carbocycles. The van der Waals surface area contributed by atoms with Gasteiger partial charge in [-0.1, -0.05) is 0 Å². The number of aromatic nitrogens is 1. The number of hydrogen-bond donors (Lipinski definition) is 2. The maximum atomic E-state index is 11.7. The Balaban J connectivity index is 2.10. The molecule has 0 unspecified atom stereocenters. The molecule has 18 heavy (non-hydrogen) atoms. The molecule has 2 aromatic rings. The molecule has 0 aliphatic rings. The largest absolute Gasteiger partial charge is 0.478 e. The lowest BCUT2D eigenvalue weighted by Gasteiger charge is -2.02. The molecule has 0 fully saturated rings. The van der Waals surface area contributed by atoms with Crippen molar-refractivity contribution in [1.82, 2.24) is 4.37 Å². The van der Waals surface area contributed by atoms with Crippen LogP contribution in [0.4, 0.5) is 5.00 Å². The van der Waals surface area contributed by atoms with Crippen LogP contribution in [0.15, 0.2) is 16.8 Å². The van der Waals surface area contributed by atoms with Gasteiger partial charge in [0, 0.05) is 0 Å². The highest BCUT2D eigenvalue weighted by molar-refractivity contribution is 7.11. The number of nitrogens with zero attached hydrogens (tertiary/aromatic N) is 1. The van der Waals surface area contributed by atoms with E-state index in [1.807, 2.05) is 16.8 Å². The predicted octanol–water partition coefficient (Wildman–Crippen LogP) is 2.39. The summed E-state index contributed by atoms with van der Waals surface area (Å²) >= 11 is 2.50. The van der Waals surface area contributed by atoms with Crippen LogP contribution in [0.25, 0.3) is 0 Å². The quantitative estimate of drug-likeness (QED) is 0.902. The summed E-state index contributed by atoms with van der Waals surface area (Å²) in [4.78, 5) is 22.8. The zero-order valence-corrected chi connectivity index (χ0v) is 11.1. The first kappa shape index (κ1) is 12.7. The van der Waals surface area contributed by atoms with Crippen LogP contribution in [0.2, 0.25) is 0 Å². The Labute approximate surface area is 111 Å². The first-order chi connectivity index (χ1) is 8.58. The van der Waals surface area contributed by atoms with E-state index in [-0.39, 0.29) is 17.9 Å². The van der Waals surface area contributed by atoms with Gasteiger partial charge in [-0.05, 0) is 40.8 Å². The number of carbonyl (C=O) groups excluding carboxylic acids is 1. The maximum Gasteiger partial charge on any atom is 0.340 e. The van der Waals surface area contributed by atoms with Crippen molar-refractivity contribution in [3.05, 3.63) is 33.6 Å². The van der Waals surface area contributed by atoms with Crippen LogP contribution in [0.3, 0.4) is 0 Å². The first-order valence-electron chi connectivity index (χ1n) is 5.08. The molecule has 2 aromatic heterocycles. The minimum absolute atomic E-state index is 0.0682. The van der Waals surface area contributed by atoms with Crippen molar-refractivity contribution in [2.24, 2.45) is 0 Å². The molecule has 0 spiro atoms. The van der Waals surface area contributed by atoms with E-state index in [4.69, 9.17) is 5.11 Å². The zero-order valence-electron chi connectivity index (χ0n) is 9.47. The van der Waals surface area contributed by atoms with E-state index in [0.717, 1.165) is 17.1 Å². The lowest BCUT2D eigenvalue weighted by atomic mass is 10.2. The zero-order chi connectivity index (χ0) is 13.1. The van der Waals surface area contributed by atoms with Gasteiger partial charge in [0.15, 0.2) is 0 Å². The van der Waals surface area contributed by atoms with Crippen LogP contribution in [0.5, 0.6) is 0 Å². The molecule has 5 nitrogen and oxygen atoms in total. The first-order valence-corrected chi connectivity index (χ1v) is 6.80. The predicted molar refractivity (Wildman–Crippen MR) is 70.5 cm³/mol. The maximum absolute atomic E-state index is 11.7. The Bertz CT molecular complexity index is 575. The summed E-state index contributed by atoms with van der Waals surface area (Å²) in [5.41, 5.74) is 1.40. The van der Waals surface area contributed by atoms with Crippen LogP contribution in [0.1, 0.15) is 21.6 Å². The van der Waals surface area contributed by atoms with Crippen molar-refractivity contribution >= 4 is 39.7 Å². The number of aromatic carboxylic acids is 1. The number of hydrogen-bond acceptors (Lipinski definition) is 5. The van der Waals surface area contributed by atoms with Gasteiger partial charge in [-0.25, -0.2) is 4.79 Å². The minimum atomic E-state index is -1.08. The van der Waals surface area contributed by atoms with Gasteiger partial charge in [0.05, 0.1) is 12.1 Å². The third kappa shape index (κ3) is 2.74. The lowest BCUT2D eigenvalue weighted by molar-refractivity contribution is -0.115. The smallest absolute Gasteiger partial charge is 0.340 e. The third-order valence-electron chi connectivity index (χ3n) is 2.27. The molecular formula is C11H10N2O3S2. The Kier molecular flexibility index (Phi) is 3.73. The van der Waals surface area contributed by atoms with Crippen molar-refractivity contribution in [2.75, 3.05) is 5.32 Å². The fourth-order valence-electron chi connectivity index (χ4n) is 1.46. The minimum Gasteiger partial charge on any atom is -0.478 e. The van der Waals surface area contributed by atoms with Crippen molar-refractivity contribution in [2.45, 2.75) is 13.3 Å². The highest BCUT2D eigenvalue weighted by Gasteiger charge is 2.19. The van der Waals surface area contributed by atoms with Gasteiger partial charge < -0.3 is 10.4 Å². The summed E-state index contributed by atoms with van der Waals surface area (Å²) in [6.45, 7) is 1.61. The van der Waals surface area contributed by atoms with E-state index in [1.165, 1.54) is 11.3 Å². The summed E-state index contributed by atoms with van der Waals surface area (Å²) in [6.07, 6.45) is 0.236. The number of anilines is 1. The second kappa shape index (κ2) is 5.28. The number of nitrogens with one attached hydrogen (secondary N) is 1. The molecule has 7 heteroatoms. The second-order valence-electron chi connectivity index (χ2n) is 3.63. The summed E-state index contributed by atoms with van der Waals surface area (Å²) in [5.74, 6) is -1.31. The van der Waals surface area contributed by atoms with E-state index in [0.29, 0.717) is 10.7 Å². The highest BCUT2D eigenvalue weighted by atomic mass is 32.1. The molecule has 2 heterocycles. The molecule has 0 saturated heterocycles. The molecule has 0 aromatic carbocycles. The van der Waals surface area contributed by atoms with E-state index >= 15 is 0 Å². The van der Waals surface area contributed by atoms with Crippen molar-refractivity contribution in [3.8, 4) is 0 Å². The van der Waals surface area contributed by atoms with Gasteiger partial charge in [-0.3, -0.25) is 4.79 Å². The van der Waals surface area contributed by atoms with E-state index in [2.05, 4.69) is 9.69 Å². The average molecular weight is 282 g/mol. The van der Waals surface area contributed by atoms with Gasteiger partial charge in [0.25, 0.3) is 0 Å². The summed E-state index contributed by atoms with van der Waals surface area (Å²) in [5, 5.41) is 15.7. The lowest BCUT2D eigenvalue weighted by Crippen LogP contribution is -2.15. The molecule has 0 radical (unpaired) electrons. The molecular weight excluding hydrogens is 272 g/mol. The number of carboxylic acids is 1. The second-order valence-corrected chi connectivity index (χ2v) is 5.19. The number of rotatable bonds is 4. The normalized spacial score (nSPS) is 10.3. The Hall–Kier alpha value is -1.73. The number of carbonyl (C=O) groups is 2. The Morgan fingerprint density at radius 1 is 1.50 bits per heavy atom. The molecule has 94 valence electrons. The molecule has 0 saturated carbocycles. The highest BCUT2D eigenvalue weighted by Crippen LogP contribution is 2.24. The molecule has 0 aliphatic heterocycles. The Morgan fingerprint density at radius 3 is 2.89 bits per heavy atom. The molecule has 2 N–H and O–H groups in total. The molecule has 2 rings (SSSR count). The molecule has 0 atom stereocenters. The summed E-state index contributed by atoms with van der Waals surface area (Å²) in [7, 11) is 0. The van der Waals surface area contributed by atoms with E-state index in [1.54, 1.807) is 6.92 Å². The number of amides is 1. The van der Waals surface area contributed by atoms with Crippen LogP contribution >= 0.6 is 22.9 Å². The van der Waals surface area contributed by atoms with Gasteiger partial charge in [0.1, 0.15) is 10.6 Å². The van der Waals surface area contributed by atoms with E-state index < -0.39 is 5.97 Å². The molecule has 0 bridgehead atoms. The monoisotopic (exact) mass is 282 g/mol. The molecule has 1 amide bonds. The van der Waals surface area contributed by atoms with Crippen LogP contribution < -0.4 is 5.32 Å². The Morgan fingerprint density at radius 2 is 2.28 bits per heavy atom. The summed E-state index contributed by atoms with van der Waals surface area (Å²) in [6, 6.07) is 1.86. The van der Waals surface area contributed by atoms with Crippen LogP contribution in [-0.2, 0) is 11.2 Å². The number of thiophene rings is 1. The van der Waals surface area contributed by atoms with Gasteiger partial charge in [0.2, 0.25) is 5.91 Å². The number of carboxylic acid groups (broad SMARTS) is 1. The van der Waals surface area contributed by atoms with Crippen LogP contribution in [-0.4, -0.2) is 21.4 Å². The van der Waals surface area contributed by atoms with Gasteiger partial charge in [-0.15, -0.1) is 0 Å². The van der Waals surface area contributed by atoms with Crippen LogP contribution in [0, 0.1) is 6.92 Å². The topological polar surface area (TPSA) is 79.3 Å². The van der Waals surface area contributed by atoms with Gasteiger partial charge >= 0.3 is 5.97 Å². The van der Waals surface area contributed by atoms with Gasteiger partial charge in [-0.2, -0.15) is 15.7 Å². The van der Waals surface area contributed by atoms with Crippen molar-refractivity contribution < 1.29 is 14.7 Å². The van der Waals surface area contributed by atoms with Crippen molar-refractivity contribution in [3.63, 3.8) is 0 Å². The van der Waals surface area contributed by atoms with Crippen molar-refractivity contribution in [1.29, 1.82) is 0 Å². The fraction of sp³-hybridized carbons (Fsp3) is 0.182. The van der Waals surface area contributed by atoms with E-state index in [9.17, 15) is 9.59 Å². The summed E-state index contributed by atoms with van der Waals surface area (Å²) < 4.78 is 3.94. The fourth-order valence-corrected chi connectivity index (χ4v) is 2.93. The number of aryl methyl sites for hydroxylation is 1.